The molecule has 2 rings (SSSR count). The van der Waals surface area contributed by atoms with E-state index in [9.17, 15) is 18.0 Å². The number of nitrogens with zero attached hydrogens (tertiary/aromatic N) is 3. The molecule has 0 aromatic carbocycles. The summed E-state index contributed by atoms with van der Waals surface area (Å²) in [5, 5.41) is 3.64. The highest BCUT2D eigenvalue weighted by Gasteiger charge is 2.34. The molecule has 0 N–H and O–H groups in total. The molecule has 2 heterocycles. The Hall–Kier alpha value is -1.55. The van der Waals surface area contributed by atoms with E-state index in [-0.39, 0.29) is 17.4 Å². The van der Waals surface area contributed by atoms with Crippen LogP contribution < -0.4 is 0 Å². The first-order valence-electron chi connectivity index (χ1n) is 6.30. The van der Waals surface area contributed by atoms with E-state index in [2.05, 4.69) is 10.1 Å². The van der Waals surface area contributed by atoms with Gasteiger partial charge in [0.1, 0.15) is 0 Å². The van der Waals surface area contributed by atoms with Crippen molar-refractivity contribution < 1.29 is 22.7 Å². The Balaban J connectivity index is 2.37. The van der Waals surface area contributed by atoms with E-state index < -0.39 is 17.8 Å². The largest absolute Gasteiger partial charge is 0.461 e. The highest BCUT2D eigenvalue weighted by molar-refractivity contribution is 8.01. The standard InChI is InChI=1S/C12H12F3N3O2S2/c1-3-20-9(19)8-10(21-4-2)22-11(16-8)18-6-5-7(17-18)12(13,14)15/h5-6H,3-4H2,1-2H3. The zero-order chi connectivity index (χ0) is 16.3. The highest BCUT2D eigenvalue weighted by atomic mass is 32.2. The van der Waals surface area contributed by atoms with Gasteiger partial charge >= 0.3 is 12.1 Å². The number of hydrogen-bond donors (Lipinski definition) is 0. The van der Waals surface area contributed by atoms with Gasteiger partial charge in [0.25, 0.3) is 0 Å². The monoisotopic (exact) mass is 351 g/mol. The first-order chi connectivity index (χ1) is 10.4. The lowest BCUT2D eigenvalue weighted by Crippen LogP contribution is -2.08. The predicted molar refractivity (Wildman–Crippen MR) is 76.6 cm³/mol. The van der Waals surface area contributed by atoms with Crippen LogP contribution in [0, 0.1) is 0 Å². The average Bonchev–Trinajstić information content (AvgIpc) is 3.04. The zero-order valence-corrected chi connectivity index (χ0v) is 13.3. The number of ether oxygens (including phenoxy) is 1. The van der Waals surface area contributed by atoms with Crippen molar-refractivity contribution in [1.29, 1.82) is 0 Å². The van der Waals surface area contributed by atoms with Crippen molar-refractivity contribution in [3.8, 4) is 5.13 Å². The maximum Gasteiger partial charge on any atom is 0.435 e. The van der Waals surface area contributed by atoms with Gasteiger partial charge in [-0.15, -0.1) is 11.8 Å². The number of aromatic nitrogens is 3. The van der Waals surface area contributed by atoms with Crippen LogP contribution >= 0.6 is 23.1 Å². The smallest absolute Gasteiger partial charge is 0.435 e. The van der Waals surface area contributed by atoms with Crippen molar-refractivity contribution in [2.45, 2.75) is 24.2 Å². The third-order valence-electron chi connectivity index (χ3n) is 2.40. The number of rotatable bonds is 5. The van der Waals surface area contributed by atoms with Crippen LogP contribution in [0.2, 0.25) is 0 Å². The van der Waals surface area contributed by atoms with Crippen molar-refractivity contribution in [1.82, 2.24) is 14.8 Å². The summed E-state index contributed by atoms with van der Waals surface area (Å²) in [5.41, 5.74) is -0.900. The van der Waals surface area contributed by atoms with Gasteiger partial charge in [-0.05, 0) is 18.7 Å². The van der Waals surface area contributed by atoms with Gasteiger partial charge in [0.15, 0.2) is 11.4 Å². The molecule has 0 atom stereocenters. The minimum atomic E-state index is -4.52. The third-order valence-corrected chi connectivity index (χ3v) is 4.59. The summed E-state index contributed by atoms with van der Waals surface area (Å²) in [5.74, 6) is 0.102. The number of halogens is 3. The average molecular weight is 351 g/mol. The van der Waals surface area contributed by atoms with Gasteiger partial charge < -0.3 is 4.74 Å². The molecule has 2 aromatic heterocycles. The fraction of sp³-hybridized carbons (Fsp3) is 0.417. The lowest BCUT2D eigenvalue weighted by Gasteiger charge is -2.00. The van der Waals surface area contributed by atoms with Gasteiger partial charge in [-0.3, -0.25) is 0 Å². The minimum Gasteiger partial charge on any atom is -0.461 e. The number of hydrogen-bond acceptors (Lipinski definition) is 6. The molecular formula is C12H12F3N3O2S2. The second kappa shape index (κ2) is 6.69. The molecule has 0 aliphatic carbocycles. The number of esters is 1. The van der Waals surface area contributed by atoms with Crippen LogP contribution in [0.15, 0.2) is 16.5 Å². The summed E-state index contributed by atoms with van der Waals surface area (Å²) in [6.07, 6.45) is -3.36. The van der Waals surface area contributed by atoms with Gasteiger partial charge in [0, 0.05) is 6.20 Å². The van der Waals surface area contributed by atoms with Gasteiger partial charge in [-0.1, -0.05) is 18.3 Å². The lowest BCUT2D eigenvalue weighted by molar-refractivity contribution is -0.141. The molecule has 2 aromatic rings. The van der Waals surface area contributed by atoms with E-state index in [0.717, 1.165) is 28.3 Å². The molecule has 0 fully saturated rings. The predicted octanol–water partition coefficient (Wildman–Crippen LogP) is 3.64. The summed E-state index contributed by atoms with van der Waals surface area (Å²) in [6.45, 7) is 3.76. The van der Waals surface area contributed by atoms with Crippen LogP contribution in [0.1, 0.15) is 30.0 Å². The van der Waals surface area contributed by atoms with E-state index in [4.69, 9.17) is 4.74 Å². The van der Waals surface area contributed by atoms with Crippen LogP contribution in [0.4, 0.5) is 13.2 Å². The Morgan fingerprint density at radius 3 is 2.73 bits per heavy atom. The highest BCUT2D eigenvalue weighted by Crippen LogP contribution is 2.33. The first-order valence-corrected chi connectivity index (χ1v) is 8.11. The van der Waals surface area contributed by atoms with Gasteiger partial charge in [0.2, 0.25) is 5.13 Å². The van der Waals surface area contributed by atoms with Crippen LogP contribution in [-0.4, -0.2) is 33.1 Å². The molecule has 0 spiro atoms. The van der Waals surface area contributed by atoms with E-state index in [1.54, 1.807) is 6.92 Å². The fourth-order valence-electron chi connectivity index (χ4n) is 1.53. The van der Waals surface area contributed by atoms with Crippen LogP contribution in [0.5, 0.6) is 0 Å². The molecule has 5 nitrogen and oxygen atoms in total. The Morgan fingerprint density at radius 1 is 1.45 bits per heavy atom. The summed E-state index contributed by atoms with van der Waals surface area (Å²) in [6, 6.07) is 0.859. The topological polar surface area (TPSA) is 57.0 Å². The molecule has 0 aliphatic heterocycles. The third kappa shape index (κ3) is 3.61. The molecule has 0 bridgehead atoms. The van der Waals surface area contributed by atoms with Gasteiger partial charge in [0.05, 0.1) is 10.8 Å². The number of alkyl halides is 3. The zero-order valence-electron chi connectivity index (χ0n) is 11.7. The Morgan fingerprint density at radius 2 is 2.18 bits per heavy atom. The molecule has 0 saturated heterocycles. The number of carbonyl (C=O) groups is 1. The molecule has 10 heteroatoms. The van der Waals surface area contributed by atoms with E-state index in [1.807, 2.05) is 6.92 Å². The molecule has 0 amide bonds. The van der Waals surface area contributed by atoms with Crippen LogP contribution in [0.25, 0.3) is 5.13 Å². The fourth-order valence-corrected chi connectivity index (χ4v) is 3.60. The maximum absolute atomic E-state index is 12.6. The second-order valence-corrected chi connectivity index (χ2v) is 6.44. The second-order valence-electron chi connectivity index (χ2n) is 3.93. The molecule has 0 unspecified atom stereocenters. The Bertz CT molecular complexity index is 667. The minimum absolute atomic E-state index is 0.109. The molecule has 0 aliphatic rings. The van der Waals surface area contributed by atoms with Crippen molar-refractivity contribution in [3.05, 3.63) is 23.7 Å². The van der Waals surface area contributed by atoms with E-state index >= 15 is 0 Å². The summed E-state index contributed by atoms with van der Waals surface area (Å²) < 4.78 is 44.3. The van der Waals surface area contributed by atoms with Crippen molar-refractivity contribution >= 4 is 29.1 Å². The maximum atomic E-state index is 12.6. The first kappa shape index (κ1) is 16.8. The summed E-state index contributed by atoms with van der Waals surface area (Å²) in [7, 11) is 0. The SMILES string of the molecule is CCOC(=O)c1nc(-n2ccc(C(F)(F)F)n2)sc1SCC. The lowest BCUT2D eigenvalue weighted by atomic mass is 10.4. The number of carbonyl (C=O) groups excluding carboxylic acids is 1. The van der Waals surface area contributed by atoms with Crippen molar-refractivity contribution in [2.75, 3.05) is 12.4 Å². The summed E-state index contributed by atoms with van der Waals surface area (Å²) >= 11 is 2.48. The van der Waals surface area contributed by atoms with Crippen molar-refractivity contribution in [3.63, 3.8) is 0 Å². The van der Waals surface area contributed by atoms with Crippen LogP contribution in [-0.2, 0) is 10.9 Å². The van der Waals surface area contributed by atoms with Crippen molar-refractivity contribution in [2.24, 2.45) is 0 Å². The van der Waals surface area contributed by atoms with E-state index in [0.29, 0.717) is 9.96 Å². The number of thiazole rings is 1. The number of thioether (sulfide) groups is 1. The molecule has 22 heavy (non-hydrogen) atoms. The Kier molecular flexibility index (Phi) is 5.12. The quantitative estimate of drug-likeness (QED) is 0.608. The Labute approximate surface area is 132 Å². The van der Waals surface area contributed by atoms with Crippen LogP contribution in [0.3, 0.4) is 0 Å². The molecule has 120 valence electrons. The molecular weight excluding hydrogens is 339 g/mol. The van der Waals surface area contributed by atoms with Gasteiger partial charge in [-0.2, -0.15) is 18.3 Å². The molecule has 0 saturated carbocycles. The summed E-state index contributed by atoms with van der Waals surface area (Å²) in [4.78, 5) is 15.9. The van der Waals surface area contributed by atoms with E-state index in [1.165, 1.54) is 11.8 Å². The van der Waals surface area contributed by atoms with Gasteiger partial charge in [-0.25, -0.2) is 14.5 Å². The molecule has 0 radical (unpaired) electrons. The normalized spacial score (nSPS) is 11.7.